The lowest BCUT2D eigenvalue weighted by atomic mass is 9.93. The zero-order valence-electron chi connectivity index (χ0n) is 14.1. The summed E-state index contributed by atoms with van der Waals surface area (Å²) in [6, 6.07) is 9.24. The fraction of sp³-hybridized carbons (Fsp3) is 0.316. The third-order valence-corrected chi connectivity index (χ3v) is 5.12. The quantitative estimate of drug-likeness (QED) is 0.657. The molecule has 1 fully saturated rings. The number of aromatic amines is 1. The van der Waals surface area contributed by atoms with Crippen LogP contribution in [0.3, 0.4) is 0 Å². The Morgan fingerprint density at radius 3 is 2.69 bits per heavy atom. The topological polar surface area (TPSA) is 90.9 Å². The molecule has 0 unspecified atom stereocenters. The number of aliphatic hydroxyl groups excluding tert-OH is 1. The Labute approximate surface area is 155 Å². The first kappa shape index (κ1) is 17.0. The molecule has 0 bridgehead atoms. The van der Waals surface area contributed by atoms with E-state index in [2.05, 4.69) is 20.3 Å². The lowest BCUT2D eigenvalue weighted by molar-refractivity contribution is 0.126. The maximum Gasteiger partial charge on any atom is 0.257 e. The van der Waals surface area contributed by atoms with Gasteiger partial charge in [0.15, 0.2) is 0 Å². The van der Waals surface area contributed by atoms with E-state index in [1.54, 1.807) is 18.3 Å². The van der Waals surface area contributed by atoms with Crippen molar-refractivity contribution >= 4 is 28.6 Å². The highest BCUT2D eigenvalue weighted by Crippen LogP contribution is 2.26. The molecule has 7 heteroatoms. The van der Waals surface area contributed by atoms with E-state index in [4.69, 9.17) is 11.6 Å². The van der Waals surface area contributed by atoms with Crippen LogP contribution in [0.5, 0.6) is 0 Å². The molecule has 0 spiro atoms. The molecule has 0 atom stereocenters. The molecule has 2 aromatic heterocycles. The molecule has 1 saturated carbocycles. The van der Waals surface area contributed by atoms with Gasteiger partial charge in [0.1, 0.15) is 5.65 Å². The molecule has 1 aromatic carbocycles. The SMILES string of the molecule is O=c1[nH]c2nc(NC3CCC(O)CC3)ncc2cc1-c1ccccc1Cl. The Bertz CT molecular complexity index is 996. The summed E-state index contributed by atoms with van der Waals surface area (Å²) >= 11 is 6.21. The van der Waals surface area contributed by atoms with Gasteiger partial charge in [0, 0.05) is 33.8 Å². The van der Waals surface area contributed by atoms with Gasteiger partial charge in [0.25, 0.3) is 5.56 Å². The van der Waals surface area contributed by atoms with Crippen LogP contribution in [0.1, 0.15) is 25.7 Å². The highest BCUT2D eigenvalue weighted by Gasteiger charge is 2.20. The zero-order chi connectivity index (χ0) is 18.1. The van der Waals surface area contributed by atoms with E-state index in [9.17, 15) is 9.90 Å². The molecule has 0 aliphatic heterocycles. The van der Waals surface area contributed by atoms with Crippen molar-refractivity contribution in [3.8, 4) is 11.1 Å². The van der Waals surface area contributed by atoms with E-state index in [0.29, 0.717) is 27.7 Å². The minimum atomic E-state index is -0.240. The molecule has 134 valence electrons. The third-order valence-electron chi connectivity index (χ3n) is 4.79. The molecule has 26 heavy (non-hydrogen) atoms. The minimum absolute atomic E-state index is 0.204. The zero-order valence-corrected chi connectivity index (χ0v) is 14.8. The molecule has 3 aromatic rings. The molecule has 0 saturated heterocycles. The van der Waals surface area contributed by atoms with Crippen molar-refractivity contribution in [1.29, 1.82) is 0 Å². The van der Waals surface area contributed by atoms with Crippen LogP contribution in [0.15, 0.2) is 41.3 Å². The summed E-state index contributed by atoms with van der Waals surface area (Å²) in [5.41, 5.74) is 1.42. The number of nitrogens with zero attached hydrogens (tertiary/aromatic N) is 2. The van der Waals surface area contributed by atoms with Crippen molar-refractivity contribution < 1.29 is 5.11 Å². The first-order valence-electron chi connectivity index (χ1n) is 8.70. The average Bonchev–Trinajstić information content (AvgIpc) is 2.64. The highest BCUT2D eigenvalue weighted by atomic mass is 35.5. The van der Waals surface area contributed by atoms with E-state index in [0.717, 1.165) is 31.1 Å². The molecule has 1 aliphatic rings. The number of anilines is 1. The number of aliphatic hydroxyl groups is 1. The van der Waals surface area contributed by atoms with Crippen LogP contribution >= 0.6 is 11.6 Å². The van der Waals surface area contributed by atoms with Crippen LogP contribution in [0, 0.1) is 0 Å². The molecular weight excluding hydrogens is 352 g/mol. The summed E-state index contributed by atoms with van der Waals surface area (Å²) in [5.74, 6) is 0.486. The maximum atomic E-state index is 12.5. The van der Waals surface area contributed by atoms with E-state index in [1.807, 2.05) is 18.2 Å². The van der Waals surface area contributed by atoms with E-state index >= 15 is 0 Å². The second-order valence-corrected chi connectivity index (χ2v) is 7.05. The first-order chi connectivity index (χ1) is 12.6. The number of H-pyrrole nitrogens is 1. The first-order valence-corrected chi connectivity index (χ1v) is 9.07. The van der Waals surface area contributed by atoms with Crippen LogP contribution in [0.4, 0.5) is 5.95 Å². The number of aromatic nitrogens is 3. The average molecular weight is 371 g/mol. The van der Waals surface area contributed by atoms with Gasteiger partial charge in [0.2, 0.25) is 5.95 Å². The Kier molecular flexibility index (Phi) is 4.61. The van der Waals surface area contributed by atoms with Gasteiger partial charge in [-0.3, -0.25) is 4.79 Å². The number of rotatable bonds is 3. The predicted octanol–water partition coefficient (Wildman–Crippen LogP) is 3.35. The summed E-state index contributed by atoms with van der Waals surface area (Å²) in [7, 11) is 0. The number of nitrogens with one attached hydrogen (secondary N) is 2. The predicted molar refractivity (Wildman–Crippen MR) is 102 cm³/mol. The number of hydrogen-bond acceptors (Lipinski definition) is 5. The summed E-state index contributed by atoms with van der Waals surface area (Å²) in [4.78, 5) is 24.1. The van der Waals surface area contributed by atoms with Crippen LogP contribution in [-0.4, -0.2) is 32.2 Å². The molecule has 1 aliphatic carbocycles. The van der Waals surface area contributed by atoms with Gasteiger partial charge in [-0.15, -0.1) is 0 Å². The van der Waals surface area contributed by atoms with Gasteiger partial charge >= 0.3 is 0 Å². The van der Waals surface area contributed by atoms with Crippen LogP contribution in [0.2, 0.25) is 5.02 Å². The van der Waals surface area contributed by atoms with Gasteiger partial charge in [-0.1, -0.05) is 29.8 Å². The Balaban J connectivity index is 1.65. The number of hydrogen-bond donors (Lipinski definition) is 3. The summed E-state index contributed by atoms with van der Waals surface area (Å²) in [5, 5.41) is 14.2. The van der Waals surface area contributed by atoms with E-state index in [1.165, 1.54) is 0 Å². The summed E-state index contributed by atoms with van der Waals surface area (Å²) in [6.07, 6.45) is 4.81. The molecule has 4 rings (SSSR count). The fourth-order valence-corrected chi connectivity index (χ4v) is 3.58. The summed E-state index contributed by atoms with van der Waals surface area (Å²) < 4.78 is 0. The van der Waals surface area contributed by atoms with Gasteiger partial charge < -0.3 is 15.4 Å². The Hall–Kier alpha value is -2.44. The number of fused-ring (bicyclic) bond motifs is 1. The molecular formula is C19H19ClN4O2. The number of halogens is 1. The molecule has 2 heterocycles. The van der Waals surface area contributed by atoms with Crippen molar-refractivity contribution in [2.45, 2.75) is 37.8 Å². The molecule has 3 N–H and O–H groups in total. The Morgan fingerprint density at radius 1 is 1.15 bits per heavy atom. The van der Waals surface area contributed by atoms with Crippen molar-refractivity contribution in [1.82, 2.24) is 15.0 Å². The van der Waals surface area contributed by atoms with Gasteiger partial charge in [-0.2, -0.15) is 4.98 Å². The normalized spacial score (nSPS) is 20.2. The lowest BCUT2D eigenvalue weighted by Gasteiger charge is -2.26. The number of benzene rings is 1. The highest BCUT2D eigenvalue weighted by molar-refractivity contribution is 6.33. The van der Waals surface area contributed by atoms with E-state index in [-0.39, 0.29) is 17.7 Å². The van der Waals surface area contributed by atoms with Crippen molar-refractivity contribution in [2.75, 3.05) is 5.32 Å². The molecule has 0 amide bonds. The van der Waals surface area contributed by atoms with Crippen LogP contribution in [-0.2, 0) is 0 Å². The lowest BCUT2D eigenvalue weighted by Crippen LogP contribution is -2.29. The van der Waals surface area contributed by atoms with Crippen molar-refractivity contribution in [2.24, 2.45) is 0 Å². The Morgan fingerprint density at radius 2 is 1.92 bits per heavy atom. The summed E-state index contributed by atoms with van der Waals surface area (Å²) in [6.45, 7) is 0. The van der Waals surface area contributed by atoms with Crippen molar-refractivity contribution in [3.05, 3.63) is 51.9 Å². The third kappa shape index (κ3) is 3.43. The fourth-order valence-electron chi connectivity index (χ4n) is 3.34. The maximum absolute atomic E-state index is 12.5. The standard InChI is InChI=1S/C19H19ClN4O2/c20-16-4-2-1-3-14(16)15-9-11-10-21-19(24-17(11)23-18(15)26)22-12-5-7-13(25)8-6-12/h1-4,9-10,12-13,25H,5-8H2,(H2,21,22,23,24,26). The van der Waals surface area contributed by atoms with Crippen LogP contribution < -0.4 is 10.9 Å². The molecule has 0 radical (unpaired) electrons. The van der Waals surface area contributed by atoms with Crippen molar-refractivity contribution in [3.63, 3.8) is 0 Å². The van der Waals surface area contributed by atoms with Gasteiger partial charge in [-0.05, 0) is 37.8 Å². The van der Waals surface area contributed by atoms with E-state index < -0.39 is 0 Å². The largest absolute Gasteiger partial charge is 0.393 e. The smallest absolute Gasteiger partial charge is 0.257 e. The minimum Gasteiger partial charge on any atom is -0.393 e. The molecule has 6 nitrogen and oxygen atoms in total. The van der Waals surface area contributed by atoms with Gasteiger partial charge in [-0.25, -0.2) is 4.98 Å². The second-order valence-electron chi connectivity index (χ2n) is 6.64. The monoisotopic (exact) mass is 370 g/mol. The second kappa shape index (κ2) is 7.05. The van der Waals surface area contributed by atoms with Crippen LogP contribution in [0.25, 0.3) is 22.2 Å². The number of pyridine rings is 1. The van der Waals surface area contributed by atoms with Gasteiger partial charge in [0.05, 0.1) is 6.10 Å².